The second-order valence-electron chi connectivity index (χ2n) is 19.1. The van der Waals surface area contributed by atoms with E-state index >= 15 is 0 Å². The minimum absolute atomic E-state index is 0.0214. The minimum Gasteiger partial charge on any atom is -0.480 e. The largest absolute Gasteiger partial charge is 0.480 e. The van der Waals surface area contributed by atoms with Gasteiger partial charge in [0.2, 0.25) is 17.7 Å². The maximum atomic E-state index is 14.2. The Morgan fingerprint density at radius 1 is 0.583 bits per heavy atom. The third kappa shape index (κ3) is 23.8. The van der Waals surface area contributed by atoms with Gasteiger partial charge in [0.15, 0.2) is 0 Å². The van der Waals surface area contributed by atoms with Gasteiger partial charge < -0.3 is 51.2 Å². The summed E-state index contributed by atoms with van der Waals surface area (Å²) in [6.45, 7) is 13.0. The van der Waals surface area contributed by atoms with E-state index in [0.29, 0.717) is 25.7 Å². The van der Waals surface area contributed by atoms with Crippen LogP contribution in [0.4, 0.5) is 9.59 Å². The fourth-order valence-electron chi connectivity index (χ4n) is 7.05. The van der Waals surface area contributed by atoms with Crippen molar-refractivity contribution in [3.63, 3.8) is 0 Å². The zero-order valence-corrected chi connectivity index (χ0v) is 42.9. The van der Waals surface area contributed by atoms with E-state index in [4.69, 9.17) is 14.2 Å². The molecule has 6 amide bonds. The molecule has 18 heteroatoms. The number of nitrogens with one attached hydrogen (secondary N) is 6. The van der Waals surface area contributed by atoms with E-state index in [1.165, 1.54) is 12.5 Å². The molecule has 3 rings (SSSR count). The van der Waals surface area contributed by atoms with Crippen LogP contribution in [0.1, 0.15) is 134 Å². The molecule has 7 N–H and O–H groups in total. The zero-order chi connectivity index (χ0) is 53.1. The molecule has 1 unspecified atom stereocenters. The van der Waals surface area contributed by atoms with Crippen LogP contribution in [0.3, 0.4) is 0 Å². The summed E-state index contributed by atoms with van der Waals surface area (Å²) < 4.78 is 15.8. The van der Waals surface area contributed by atoms with Gasteiger partial charge in [0, 0.05) is 25.1 Å². The Bertz CT molecular complexity index is 2200. The standard InChI is InChI=1S/C54H76N6O12/c1-8-9-17-38-22-24-40(25-23-38)41-26-28-42(29-27-41)48(63)58-43(20-13-15-32-55-52(68)71-35-39-18-11-10-12-19-39)50(65)59-44(30-31-46(61)70-34-36(2)3)49(64)57-37(4)47(62)60-45(51(66)67)21-14-16-33-56-53(69)72-54(5,6)7/h10-12,18-19,22-29,36-37,43-45H,8-9,13-17,20-21,30-35H2,1-7H3,(H,55,68)(H,56,69)(H,57,64)(H,58,63)(H,59,65)(H,60,62)(H,66,67)/t37-,43-,44?,45-/m0/s1. The van der Waals surface area contributed by atoms with E-state index in [9.17, 15) is 43.5 Å². The first-order valence-electron chi connectivity index (χ1n) is 25.0. The van der Waals surface area contributed by atoms with Gasteiger partial charge in [-0.05, 0) is 126 Å². The molecule has 0 heterocycles. The molecule has 3 aromatic carbocycles. The Kier molecular flexibility index (Phi) is 25.9. The number of carbonyl (C=O) groups is 8. The number of rotatable bonds is 30. The Labute approximate surface area is 423 Å². The van der Waals surface area contributed by atoms with Gasteiger partial charge in [-0.25, -0.2) is 14.4 Å². The SMILES string of the molecule is CCCCc1ccc(-c2ccc(C(=O)N[C@@H](CCCCNC(=O)OCc3ccccc3)C(=O)NC(CCC(=O)OCC(C)C)C(=O)N[C@@H](C)C(=O)N[C@@H](CCCCNC(=O)OC(C)(C)C)C(=O)O)cc2)cc1. The van der Waals surface area contributed by atoms with Gasteiger partial charge in [-0.1, -0.05) is 93.9 Å². The van der Waals surface area contributed by atoms with Crippen molar-refractivity contribution in [1.29, 1.82) is 0 Å². The minimum atomic E-state index is -1.40. The molecule has 0 saturated heterocycles. The molecule has 0 aromatic heterocycles. The summed E-state index contributed by atoms with van der Waals surface area (Å²) in [5, 5.41) is 25.6. The highest BCUT2D eigenvalue weighted by Gasteiger charge is 2.31. The highest BCUT2D eigenvalue weighted by atomic mass is 16.6. The summed E-state index contributed by atoms with van der Waals surface area (Å²) in [5.74, 6) is -4.87. The molecule has 4 atom stereocenters. The van der Waals surface area contributed by atoms with Gasteiger partial charge in [0.1, 0.15) is 36.4 Å². The number of hydrogen-bond donors (Lipinski definition) is 7. The second kappa shape index (κ2) is 31.4. The summed E-state index contributed by atoms with van der Waals surface area (Å²) in [4.78, 5) is 104. The summed E-state index contributed by atoms with van der Waals surface area (Å²) in [6.07, 6.45) is 2.99. The van der Waals surface area contributed by atoms with Crippen LogP contribution in [0.15, 0.2) is 78.9 Å². The molecule has 0 aliphatic carbocycles. The van der Waals surface area contributed by atoms with Crippen LogP contribution in [-0.4, -0.2) is 102 Å². The quantitative estimate of drug-likeness (QED) is 0.0200. The first-order valence-corrected chi connectivity index (χ1v) is 25.0. The molecule has 3 aromatic rings. The Morgan fingerprint density at radius 2 is 1.14 bits per heavy atom. The van der Waals surface area contributed by atoms with Crippen molar-refractivity contribution in [2.24, 2.45) is 5.92 Å². The third-order valence-corrected chi connectivity index (χ3v) is 11.1. The Morgan fingerprint density at radius 3 is 1.72 bits per heavy atom. The number of unbranched alkanes of at least 4 members (excludes halogenated alkanes) is 3. The molecular weight excluding hydrogens is 925 g/mol. The number of carbonyl (C=O) groups excluding carboxylic acids is 7. The third-order valence-electron chi connectivity index (χ3n) is 11.1. The second-order valence-corrected chi connectivity index (χ2v) is 19.1. The number of carboxylic acid groups (broad SMARTS) is 1. The summed E-state index contributed by atoms with van der Waals surface area (Å²) in [6, 6.07) is 19.2. The monoisotopic (exact) mass is 1000 g/mol. The van der Waals surface area contributed by atoms with Crippen LogP contribution >= 0.6 is 0 Å². The van der Waals surface area contributed by atoms with Crippen LogP contribution in [0, 0.1) is 5.92 Å². The van der Waals surface area contributed by atoms with Gasteiger partial charge in [0.25, 0.3) is 5.91 Å². The van der Waals surface area contributed by atoms with Gasteiger partial charge in [-0.2, -0.15) is 0 Å². The molecular formula is C54H76N6O12. The predicted molar refractivity (Wildman–Crippen MR) is 272 cm³/mol. The number of amides is 6. The molecule has 0 spiro atoms. The van der Waals surface area contributed by atoms with Crippen molar-refractivity contribution in [2.45, 2.75) is 155 Å². The normalized spacial score (nSPS) is 12.8. The Balaban J connectivity index is 1.74. The first kappa shape index (κ1) is 59.3. The summed E-state index contributed by atoms with van der Waals surface area (Å²) in [7, 11) is 0. The van der Waals surface area contributed by atoms with Crippen LogP contribution in [0.5, 0.6) is 0 Å². The van der Waals surface area contributed by atoms with Crippen LogP contribution < -0.4 is 31.9 Å². The average molecular weight is 1000 g/mol. The van der Waals surface area contributed by atoms with Crippen molar-refractivity contribution in [3.05, 3.63) is 95.6 Å². The number of hydrogen-bond acceptors (Lipinski definition) is 11. The van der Waals surface area contributed by atoms with Crippen molar-refractivity contribution >= 4 is 47.8 Å². The lowest BCUT2D eigenvalue weighted by molar-refractivity contribution is -0.145. The highest BCUT2D eigenvalue weighted by Crippen LogP contribution is 2.22. The van der Waals surface area contributed by atoms with Crippen molar-refractivity contribution in [3.8, 4) is 11.1 Å². The van der Waals surface area contributed by atoms with E-state index in [-0.39, 0.29) is 63.5 Å². The fourth-order valence-corrected chi connectivity index (χ4v) is 7.05. The number of carboxylic acids is 1. The zero-order valence-electron chi connectivity index (χ0n) is 42.9. The molecule has 0 bridgehead atoms. The van der Waals surface area contributed by atoms with E-state index in [0.717, 1.165) is 36.0 Å². The number of alkyl carbamates (subject to hydrolysis) is 2. The molecule has 0 aliphatic heterocycles. The predicted octanol–water partition coefficient (Wildman–Crippen LogP) is 7.12. The molecule has 0 fully saturated rings. The van der Waals surface area contributed by atoms with Gasteiger partial charge in [0.05, 0.1) is 6.61 Å². The average Bonchev–Trinajstić information content (AvgIpc) is 3.34. The molecule has 0 radical (unpaired) electrons. The molecule has 0 saturated carbocycles. The van der Waals surface area contributed by atoms with E-state index < -0.39 is 77.5 Å². The van der Waals surface area contributed by atoms with Crippen molar-refractivity contribution in [1.82, 2.24) is 31.9 Å². The number of esters is 1. The summed E-state index contributed by atoms with van der Waals surface area (Å²) >= 11 is 0. The van der Waals surface area contributed by atoms with Crippen LogP contribution in [0.2, 0.25) is 0 Å². The number of benzene rings is 3. The van der Waals surface area contributed by atoms with Gasteiger partial charge in [-0.15, -0.1) is 0 Å². The summed E-state index contributed by atoms with van der Waals surface area (Å²) in [5.41, 5.74) is 3.53. The highest BCUT2D eigenvalue weighted by molar-refractivity contribution is 5.99. The Hall–Kier alpha value is -6.98. The first-order chi connectivity index (χ1) is 34.2. The maximum absolute atomic E-state index is 14.2. The lowest BCUT2D eigenvalue weighted by Crippen LogP contribution is -2.57. The van der Waals surface area contributed by atoms with Crippen molar-refractivity contribution in [2.75, 3.05) is 19.7 Å². The number of ether oxygens (including phenoxy) is 3. The van der Waals surface area contributed by atoms with E-state index in [2.05, 4.69) is 51.0 Å². The lowest BCUT2D eigenvalue weighted by Gasteiger charge is -2.25. The maximum Gasteiger partial charge on any atom is 0.407 e. The van der Waals surface area contributed by atoms with Crippen LogP contribution in [0.25, 0.3) is 11.1 Å². The van der Waals surface area contributed by atoms with Crippen molar-refractivity contribution < 1.29 is 57.7 Å². The van der Waals surface area contributed by atoms with Crippen LogP contribution in [-0.2, 0) is 51.2 Å². The van der Waals surface area contributed by atoms with Gasteiger partial charge >= 0.3 is 24.1 Å². The molecule has 72 heavy (non-hydrogen) atoms. The number of aryl methyl sites for hydroxylation is 1. The number of aliphatic carboxylic acids is 1. The molecule has 0 aliphatic rings. The smallest absolute Gasteiger partial charge is 0.407 e. The van der Waals surface area contributed by atoms with Gasteiger partial charge in [-0.3, -0.25) is 24.0 Å². The molecule has 394 valence electrons. The van der Waals surface area contributed by atoms with E-state index in [1.54, 1.807) is 32.9 Å². The fraction of sp³-hybridized carbons (Fsp3) is 0.519. The lowest BCUT2D eigenvalue weighted by atomic mass is 10.0. The topological polar surface area (TPSA) is 257 Å². The molecule has 18 nitrogen and oxygen atoms in total. The van der Waals surface area contributed by atoms with E-state index in [1.807, 2.05) is 68.4 Å².